The fourth-order valence-electron chi connectivity index (χ4n) is 2.09. The molecule has 0 radical (unpaired) electrons. The number of aromatic nitrogens is 2. The Kier molecular flexibility index (Phi) is 3.17. The van der Waals surface area contributed by atoms with Crippen LogP contribution in [0.3, 0.4) is 0 Å². The molecule has 6 nitrogen and oxygen atoms in total. The van der Waals surface area contributed by atoms with Gasteiger partial charge in [-0.25, -0.2) is 4.39 Å². The van der Waals surface area contributed by atoms with Crippen molar-refractivity contribution in [3.63, 3.8) is 0 Å². The maximum absolute atomic E-state index is 14.3. The average Bonchev–Trinajstić information content (AvgIpc) is 2.90. The third-order valence-corrected chi connectivity index (χ3v) is 3.97. The summed E-state index contributed by atoms with van der Waals surface area (Å²) in [6, 6.07) is 5.02. The zero-order valence-corrected chi connectivity index (χ0v) is 11.7. The number of carbonyl (C=O) groups is 2. The number of nitrogens with zero attached hydrogens (tertiary/aromatic N) is 3. The molecular weight excluding hydrogens is 295 g/mol. The molecule has 21 heavy (non-hydrogen) atoms. The zero-order chi connectivity index (χ0) is 15.0. The van der Waals surface area contributed by atoms with Crippen LogP contribution in [-0.2, 0) is 9.59 Å². The number of rotatable bonds is 3. The Morgan fingerprint density at radius 2 is 2.24 bits per heavy atom. The van der Waals surface area contributed by atoms with Gasteiger partial charge in [-0.15, -0.1) is 5.10 Å². The van der Waals surface area contributed by atoms with Gasteiger partial charge in [-0.1, -0.05) is 11.1 Å². The minimum absolute atomic E-state index is 0.256. The van der Waals surface area contributed by atoms with E-state index in [2.05, 4.69) is 21.5 Å². The molecule has 1 saturated heterocycles. The monoisotopic (exact) mass is 306 g/mol. The molecule has 1 aliphatic heterocycles. The standard InChI is InChI=1S/C13H11FN4O2S/c1-2-11(19)18-6-13(14,7-18)12(20)15-8-3-4-9-10(5-8)21-17-16-9/h2-5H,1,6-7H2,(H,15,20). The lowest BCUT2D eigenvalue weighted by Gasteiger charge is -2.42. The first-order valence-corrected chi connectivity index (χ1v) is 6.93. The van der Waals surface area contributed by atoms with Crippen molar-refractivity contribution < 1.29 is 14.0 Å². The van der Waals surface area contributed by atoms with E-state index in [0.29, 0.717) is 5.69 Å². The molecular formula is C13H11FN4O2S. The number of hydrogen-bond acceptors (Lipinski definition) is 5. The first-order chi connectivity index (χ1) is 10.0. The van der Waals surface area contributed by atoms with Crippen molar-refractivity contribution >= 4 is 39.3 Å². The Morgan fingerprint density at radius 3 is 2.95 bits per heavy atom. The van der Waals surface area contributed by atoms with Crippen molar-refractivity contribution in [1.82, 2.24) is 14.5 Å². The fourth-order valence-corrected chi connectivity index (χ4v) is 2.69. The fraction of sp³-hybridized carbons (Fsp3) is 0.231. The number of nitrogens with one attached hydrogen (secondary N) is 1. The van der Waals surface area contributed by atoms with Crippen molar-refractivity contribution in [2.24, 2.45) is 0 Å². The van der Waals surface area contributed by atoms with E-state index in [1.165, 1.54) is 16.4 Å². The van der Waals surface area contributed by atoms with Crippen LogP contribution in [0.5, 0.6) is 0 Å². The number of anilines is 1. The molecule has 0 spiro atoms. The van der Waals surface area contributed by atoms with Gasteiger partial charge in [0.1, 0.15) is 5.52 Å². The molecule has 8 heteroatoms. The van der Waals surface area contributed by atoms with Gasteiger partial charge >= 0.3 is 0 Å². The molecule has 1 N–H and O–H groups in total. The minimum atomic E-state index is -2.06. The van der Waals surface area contributed by atoms with E-state index >= 15 is 0 Å². The topological polar surface area (TPSA) is 75.2 Å². The van der Waals surface area contributed by atoms with Gasteiger partial charge in [0.15, 0.2) is 0 Å². The van der Waals surface area contributed by atoms with Crippen LogP contribution in [0.15, 0.2) is 30.9 Å². The van der Waals surface area contributed by atoms with E-state index < -0.39 is 11.6 Å². The average molecular weight is 306 g/mol. The van der Waals surface area contributed by atoms with Crippen LogP contribution in [0.4, 0.5) is 10.1 Å². The highest BCUT2D eigenvalue weighted by molar-refractivity contribution is 7.12. The molecule has 1 fully saturated rings. The molecule has 2 heterocycles. The van der Waals surface area contributed by atoms with E-state index in [1.54, 1.807) is 18.2 Å². The molecule has 3 rings (SSSR count). The Labute approximate surface area is 123 Å². The molecule has 1 aromatic heterocycles. The normalized spacial score (nSPS) is 16.3. The Balaban J connectivity index is 1.69. The quantitative estimate of drug-likeness (QED) is 0.869. The zero-order valence-electron chi connectivity index (χ0n) is 10.9. The summed E-state index contributed by atoms with van der Waals surface area (Å²) in [4.78, 5) is 24.5. The van der Waals surface area contributed by atoms with E-state index in [-0.39, 0.29) is 19.0 Å². The number of hydrogen-bond donors (Lipinski definition) is 1. The van der Waals surface area contributed by atoms with Gasteiger partial charge in [-0.3, -0.25) is 9.59 Å². The lowest BCUT2D eigenvalue weighted by molar-refractivity contribution is -0.150. The van der Waals surface area contributed by atoms with Gasteiger partial charge in [0, 0.05) is 5.69 Å². The van der Waals surface area contributed by atoms with Crippen molar-refractivity contribution in [2.45, 2.75) is 5.67 Å². The number of benzene rings is 1. The first-order valence-electron chi connectivity index (χ1n) is 6.16. The molecule has 1 aromatic carbocycles. The Bertz CT molecular complexity index is 739. The van der Waals surface area contributed by atoms with E-state index in [1.807, 2.05) is 0 Å². The summed E-state index contributed by atoms with van der Waals surface area (Å²) in [6.07, 6.45) is 1.10. The summed E-state index contributed by atoms with van der Waals surface area (Å²) >= 11 is 1.19. The lowest BCUT2D eigenvalue weighted by Crippen LogP contribution is -2.65. The van der Waals surface area contributed by atoms with Crippen molar-refractivity contribution in [3.05, 3.63) is 30.9 Å². The number of halogens is 1. The molecule has 0 atom stereocenters. The molecule has 2 aromatic rings. The van der Waals surface area contributed by atoms with Gasteiger partial charge in [0.2, 0.25) is 11.6 Å². The third-order valence-electron chi connectivity index (χ3n) is 3.28. The number of amides is 2. The second-order valence-electron chi connectivity index (χ2n) is 4.77. The van der Waals surface area contributed by atoms with Crippen LogP contribution in [0.1, 0.15) is 0 Å². The third kappa shape index (κ3) is 2.38. The molecule has 108 valence electrons. The summed E-state index contributed by atoms with van der Waals surface area (Å²) in [7, 11) is 0. The van der Waals surface area contributed by atoms with Gasteiger partial charge in [0.25, 0.3) is 5.91 Å². The summed E-state index contributed by atoms with van der Waals surface area (Å²) in [6.45, 7) is 2.81. The highest BCUT2D eigenvalue weighted by atomic mass is 32.1. The molecule has 0 saturated carbocycles. The number of carbonyl (C=O) groups excluding carboxylic acids is 2. The summed E-state index contributed by atoms with van der Waals surface area (Å²) < 4.78 is 18.9. The number of likely N-dealkylation sites (tertiary alicyclic amines) is 1. The van der Waals surface area contributed by atoms with Gasteiger partial charge in [-0.2, -0.15) is 0 Å². The highest BCUT2D eigenvalue weighted by Gasteiger charge is 2.51. The lowest BCUT2D eigenvalue weighted by atomic mass is 9.95. The Hall–Kier alpha value is -2.35. The van der Waals surface area contributed by atoms with Crippen LogP contribution in [0, 0.1) is 0 Å². The smallest absolute Gasteiger partial charge is 0.265 e. The summed E-state index contributed by atoms with van der Waals surface area (Å²) in [5, 5.41) is 6.40. The maximum Gasteiger partial charge on any atom is 0.265 e. The van der Waals surface area contributed by atoms with Crippen molar-refractivity contribution in [1.29, 1.82) is 0 Å². The molecule has 2 amide bonds. The van der Waals surface area contributed by atoms with E-state index in [9.17, 15) is 14.0 Å². The maximum atomic E-state index is 14.3. The summed E-state index contributed by atoms with van der Waals surface area (Å²) in [5.74, 6) is -1.14. The van der Waals surface area contributed by atoms with Crippen LogP contribution >= 0.6 is 11.5 Å². The van der Waals surface area contributed by atoms with E-state index in [0.717, 1.165) is 16.3 Å². The second-order valence-corrected chi connectivity index (χ2v) is 5.56. The van der Waals surface area contributed by atoms with Gasteiger partial charge < -0.3 is 10.2 Å². The molecule has 0 bridgehead atoms. The largest absolute Gasteiger partial charge is 0.331 e. The SMILES string of the molecule is C=CC(=O)N1CC(F)(C(=O)Nc2ccc3nnsc3c2)C1. The predicted octanol–water partition coefficient (Wildman–Crippen LogP) is 1.37. The first kappa shape index (κ1) is 13.6. The summed E-state index contributed by atoms with van der Waals surface area (Å²) in [5.41, 5.74) is -0.858. The van der Waals surface area contributed by atoms with Crippen LogP contribution in [0.25, 0.3) is 10.2 Å². The van der Waals surface area contributed by atoms with Crippen LogP contribution < -0.4 is 5.32 Å². The van der Waals surface area contributed by atoms with E-state index in [4.69, 9.17) is 0 Å². The Morgan fingerprint density at radius 1 is 1.48 bits per heavy atom. The van der Waals surface area contributed by atoms with Crippen molar-refractivity contribution in [2.75, 3.05) is 18.4 Å². The predicted molar refractivity (Wildman–Crippen MR) is 76.7 cm³/mol. The molecule has 1 aliphatic rings. The molecule has 0 aliphatic carbocycles. The van der Waals surface area contributed by atoms with Crippen LogP contribution in [-0.4, -0.2) is 45.1 Å². The number of fused-ring (bicyclic) bond motifs is 1. The van der Waals surface area contributed by atoms with Gasteiger partial charge in [0.05, 0.1) is 17.8 Å². The van der Waals surface area contributed by atoms with Crippen LogP contribution in [0.2, 0.25) is 0 Å². The van der Waals surface area contributed by atoms with Crippen molar-refractivity contribution in [3.8, 4) is 0 Å². The molecule has 0 unspecified atom stereocenters. The highest BCUT2D eigenvalue weighted by Crippen LogP contribution is 2.28. The minimum Gasteiger partial charge on any atom is -0.331 e. The van der Waals surface area contributed by atoms with Gasteiger partial charge in [-0.05, 0) is 35.8 Å². The number of alkyl halides is 1. The second kappa shape index (κ2) is 4.88.